The third kappa shape index (κ3) is 4.04. The van der Waals surface area contributed by atoms with Crippen LogP contribution in [0.25, 0.3) is 0 Å². The van der Waals surface area contributed by atoms with Crippen molar-refractivity contribution in [2.75, 3.05) is 17.8 Å². The maximum Gasteiger partial charge on any atom is 0.255 e. The molecule has 1 N–H and O–H groups in total. The maximum absolute atomic E-state index is 13.3. The molecule has 110 valence electrons. The standard InChI is InChI=1S/C16H15BrFNO2/c1-21-15-10-12(4-7-14(15)18)16(20)19-13-5-2-11(3-6-13)8-9-17/h2-7,10H,8-9H2,1H3,(H,19,20). The molecule has 0 atom stereocenters. The van der Waals surface area contributed by atoms with Gasteiger partial charge in [-0.3, -0.25) is 4.79 Å². The van der Waals surface area contributed by atoms with Gasteiger partial charge in [0.2, 0.25) is 0 Å². The predicted octanol–water partition coefficient (Wildman–Crippen LogP) is 4.02. The average molecular weight is 352 g/mol. The molecule has 21 heavy (non-hydrogen) atoms. The number of nitrogens with one attached hydrogen (secondary N) is 1. The maximum atomic E-state index is 13.3. The molecular weight excluding hydrogens is 337 g/mol. The zero-order chi connectivity index (χ0) is 15.2. The highest BCUT2D eigenvalue weighted by Gasteiger charge is 2.10. The molecule has 0 heterocycles. The minimum Gasteiger partial charge on any atom is -0.494 e. The lowest BCUT2D eigenvalue weighted by Crippen LogP contribution is -2.12. The number of benzene rings is 2. The number of carbonyl (C=O) groups excluding carboxylic acids is 1. The quantitative estimate of drug-likeness (QED) is 0.826. The molecule has 3 nitrogen and oxygen atoms in total. The number of ether oxygens (including phenoxy) is 1. The van der Waals surface area contributed by atoms with Crippen LogP contribution in [0.2, 0.25) is 0 Å². The highest BCUT2D eigenvalue weighted by Crippen LogP contribution is 2.19. The van der Waals surface area contributed by atoms with E-state index in [2.05, 4.69) is 21.2 Å². The molecule has 0 aromatic heterocycles. The second-order valence-electron chi connectivity index (χ2n) is 4.44. The molecule has 1 amide bonds. The molecule has 0 aliphatic heterocycles. The highest BCUT2D eigenvalue weighted by molar-refractivity contribution is 9.09. The van der Waals surface area contributed by atoms with Crippen LogP contribution in [-0.2, 0) is 6.42 Å². The first kappa shape index (κ1) is 15.5. The zero-order valence-electron chi connectivity index (χ0n) is 11.5. The Labute approximate surface area is 131 Å². The number of hydrogen-bond acceptors (Lipinski definition) is 2. The summed E-state index contributed by atoms with van der Waals surface area (Å²) in [6, 6.07) is 11.6. The topological polar surface area (TPSA) is 38.3 Å². The number of rotatable bonds is 5. The molecule has 0 bridgehead atoms. The first-order valence-corrected chi connectivity index (χ1v) is 7.56. The Morgan fingerprint density at radius 3 is 2.57 bits per heavy atom. The highest BCUT2D eigenvalue weighted by atomic mass is 79.9. The van der Waals surface area contributed by atoms with E-state index in [1.165, 1.54) is 30.9 Å². The Morgan fingerprint density at radius 1 is 1.24 bits per heavy atom. The summed E-state index contributed by atoms with van der Waals surface area (Å²) in [7, 11) is 1.36. The van der Waals surface area contributed by atoms with Crippen molar-refractivity contribution >= 4 is 27.5 Å². The van der Waals surface area contributed by atoms with Gasteiger partial charge in [-0.05, 0) is 42.3 Å². The first-order valence-electron chi connectivity index (χ1n) is 6.44. The number of halogens is 2. The molecule has 2 rings (SSSR count). The van der Waals surface area contributed by atoms with Gasteiger partial charge in [0.25, 0.3) is 5.91 Å². The fourth-order valence-corrected chi connectivity index (χ4v) is 2.33. The fourth-order valence-electron chi connectivity index (χ4n) is 1.87. The smallest absolute Gasteiger partial charge is 0.255 e. The molecule has 2 aromatic rings. The number of aryl methyl sites for hydroxylation is 1. The summed E-state index contributed by atoms with van der Waals surface area (Å²) in [5.41, 5.74) is 2.23. The molecule has 0 aliphatic rings. The van der Waals surface area contributed by atoms with Crippen LogP contribution in [0.15, 0.2) is 42.5 Å². The van der Waals surface area contributed by atoms with E-state index >= 15 is 0 Å². The number of methoxy groups -OCH3 is 1. The second kappa shape index (κ2) is 7.22. The van der Waals surface area contributed by atoms with Crippen molar-refractivity contribution in [2.24, 2.45) is 0 Å². The molecule has 0 saturated carbocycles. The number of amides is 1. The van der Waals surface area contributed by atoms with Crippen LogP contribution in [-0.4, -0.2) is 18.3 Å². The second-order valence-corrected chi connectivity index (χ2v) is 5.23. The van der Waals surface area contributed by atoms with Crippen LogP contribution < -0.4 is 10.1 Å². The number of alkyl halides is 1. The summed E-state index contributed by atoms with van der Waals surface area (Å²) in [5.74, 6) is -0.745. The molecule has 0 saturated heterocycles. The van der Waals surface area contributed by atoms with Crippen molar-refractivity contribution < 1.29 is 13.9 Å². The summed E-state index contributed by atoms with van der Waals surface area (Å²) < 4.78 is 18.2. The van der Waals surface area contributed by atoms with Gasteiger partial charge in [-0.2, -0.15) is 0 Å². The van der Waals surface area contributed by atoms with Crippen molar-refractivity contribution in [3.63, 3.8) is 0 Å². The van der Waals surface area contributed by atoms with Gasteiger partial charge >= 0.3 is 0 Å². The van der Waals surface area contributed by atoms with Crippen molar-refractivity contribution in [1.29, 1.82) is 0 Å². The Hall–Kier alpha value is -1.88. The summed E-state index contributed by atoms with van der Waals surface area (Å²) in [6.45, 7) is 0. The molecule has 0 unspecified atom stereocenters. The van der Waals surface area contributed by atoms with Gasteiger partial charge in [-0.15, -0.1) is 0 Å². The largest absolute Gasteiger partial charge is 0.494 e. The number of hydrogen-bond donors (Lipinski definition) is 1. The number of anilines is 1. The van der Waals surface area contributed by atoms with Crippen molar-refractivity contribution in [1.82, 2.24) is 0 Å². The van der Waals surface area contributed by atoms with Gasteiger partial charge in [-0.1, -0.05) is 28.1 Å². The van der Waals surface area contributed by atoms with Crippen LogP contribution in [0.3, 0.4) is 0 Å². The third-order valence-electron chi connectivity index (χ3n) is 3.01. The predicted molar refractivity (Wildman–Crippen MR) is 84.8 cm³/mol. The van der Waals surface area contributed by atoms with E-state index in [0.29, 0.717) is 11.3 Å². The van der Waals surface area contributed by atoms with Crippen LogP contribution in [0.4, 0.5) is 10.1 Å². The fraction of sp³-hybridized carbons (Fsp3) is 0.188. The van der Waals surface area contributed by atoms with E-state index < -0.39 is 5.82 Å². The summed E-state index contributed by atoms with van der Waals surface area (Å²) in [6.07, 6.45) is 0.934. The Balaban J connectivity index is 2.10. The van der Waals surface area contributed by atoms with E-state index in [0.717, 1.165) is 11.8 Å². The van der Waals surface area contributed by atoms with Crippen LogP contribution in [0, 0.1) is 5.82 Å². The molecular formula is C16H15BrFNO2. The van der Waals surface area contributed by atoms with Crippen LogP contribution in [0.1, 0.15) is 15.9 Å². The van der Waals surface area contributed by atoms with Gasteiger partial charge in [0, 0.05) is 16.6 Å². The Kier molecular flexibility index (Phi) is 5.33. The zero-order valence-corrected chi connectivity index (χ0v) is 13.1. The monoisotopic (exact) mass is 351 g/mol. The number of carbonyl (C=O) groups is 1. The SMILES string of the molecule is COc1cc(C(=O)Nc2ccc(CCBr)cc2)ccc1F. The summed E-state index contributed by atoms with van der Waals surface area (Å²) >= 11 is 3.38. The Morgan fingerprint density at radius 2 is 1.95 bits per heavy atom. The summed E-state index contributed by atoms with van der Waals surface area (Å²) in [5, 5.41) is 3.67. The van der Waals surface area contributed by atoms with Gasteiger partial charge < -0.3 is 10.1 Å². The van der Waals surface area contributed by atoms with E-state index in [1.54, 1.807) is 0 Å². The van der Waals surface area contributed by atoms with Crippen molar-refractivity contribution in [3.05, 3.63) is 59.4 Å². The lowest BCUT2D eigenvalue weighted by atomic mass is 10.1. The summed E-state index contributed by atoms with van der Waals surface area (Å²) in [4.78, 5) is 12.1. The molecule has 2 aromatic carbocycles. The van der Waals surface area contributed by atoms with Crippen molar-refractivity contribution in [2.45, 2.75) is 6.42 Å². The normalized spacial score (nSPS) is 10.2. The molecule has 5 heteroatoms. The van der Waals surface area contributed by atoms with E-state index in [-0.39, 0.29) is 11.7 Å². The van der Waals surface area contributed by atoms with Gasteiger partial charge in [0.15, 0.2) is 11.6 Å². The molecule has 0 fully saturated rings. The Bertz CT molecular complexity index is 629. The van der Waals surface area contributed by atoms with E-state index in [1.807, 2.05) is 24.3 Å². The van der Waals surface area contributed by atoms with Gasteiger partial charge in [0.05, 0.1) is 7.11 Å². The third-order valence-corrected chi connectivity index (χ3v) is 3.40. The van der Waals surface area contributed by atoms with Crippen molar-refractivity contribution in [3.8, 4) is 5.75 Å². The van der Waals surface area contributed by atoms with Crippen LogP contribution in [0.5, 0.6) is 5.75 Å². The van der Waals surface area contributed by atoms with Gasteiger partial charge in [0.1, 0.15) is 0 Å². The van der Waals surface area contributed by atoms with E-state index in [4.69, 9.17) is 4.74 Å². The lowest BCUT2D eigenvalue weighted by molar-refractivity contribution is 0.102. The lowest BCUT2D eigenvalue weighted by Gasteiger charge is -2.08. The molecule has 0 aliphatic carbocycles. The minimum absolute atomic E-state index is 0.0512. The molecule has 0 radical (unpaired) electrons. The van der Waals surface area contributed by atoms with Gasteiger partial charge in [-0.25, -0.2) is 4.39 Å². The molecule has 0 spiro atoms. The minimum atomic E-state index is -0.492. The van der Waals surface area contributed by atoms with Crippen LogP contribution >= 0.6 is 15.9 Å². The average Bonchev–Trinajstić information content (AvgIpc) is 2.50. The van der Waals surface area contributed by atoms with E-state index in [9.17, 15) is 9.18 Å². The first-order chi connectivity index (χ1) is 10.1.